The lowest BCUT2D eigenvalue weighted by atomic mass is 10.1. The third-order valence-electron chi connectivity index (χ3n) is 1.49. The van der Waals surface area contributed by atoms with E-state index in [0.717, 1.165) is 0 Å². The summed E-state index contributed by atoms with van der Waals surface area (Å²) >= 11 is 0. The van der Waals surface area contributed by atoms with Gasteiger partial charge in [0.15, 0.2) is 0 Å². The van der Waals surface area contributed by atoms with Gasteiger partial charge in [0.25, 0.3) is 0 Å². The fourth-order valence-corrected chi connectivity index (χ4v) is 0.816. The van der Waals surface area contributed by atoms with Crippen LogP contribution in [0, 0.1) is 18.3 Å². The number of anilines is 1. The first-order chi connectivity index (χ1) is 8.15. The Balaban J connectivity index is -0.000000285. The van der Waals surface area contributed by atoms with Crippen LogP contribution < -0.4 is 5.73 Å². The van der Waals surface area contributed by atoms with Gasteiger partial charge in [0.05, 0.1) is 5.56 Å². The molecule has 17 heavy (non-hydrogen) atoms. The number of benzene rings is 1. The minimum Gasteiger partial charge on any atom is -0.508 e. The smallest absolute Gasteiger partial charge is 0.119 e. The van der Waals surface area contributed by atoms with Crippen molar-refractivity contribution >= 4 is 5.69 Å². The molecule has 1 aromatic carbocycles. The molecule has 0 aliphatic carbocycles. The monoisotopic (exact) mass is 238 g/mol. The molecule has 3 nitrogen and oxygen atoms in total. The summed E-state index contributed by atoms with van der Waals surface area (Å²) in [6.45, 7) is 13.7. The van der Waals surface area contributed by atoms with Crippen molar-refractivity contribution in [2.75, 3.05) is 5.73 Å². The Morgan fingerprint density at radius 2 is 1.47 bits per heavy atom. The minimum atomic E-state index is 0.107. The number of nitriles is 1. The van der Waals surface area contributed by atoms with Gasteiger partial charge in [0.1, 0.15) is 11.8 Å². The van der Waals surface area contributed by atoms with E-state index < -0.39 is 0 Å². The van der Waals surface area contributed by atoms with Gasteiger partial charge in [-0.05, 0) is 24.6 Å². The number of aromatic hydroxyl groups is 1. The molecule has 0 aliphatic heterocycles. The molecule has 0 bridgehead atoms. The zero-order chi connectivity index (χ0) is 14.4. The summed E-state index contributed by atoms with van der Waals surface area (Å²) in [5.41, 5.74) is 6.87. The lowest BCUT2D eigenvalue weighted by Crippen LogP contribution is -1.90. The Kier molecular flexibility index (Phi) is 17.4. The first kappa shape index (κ1) is 20.7. The van der Waals surface area contributed by atoms with E-state index in [4.69, 9.17) is 16.1 Å². The van der Waals surface area contributed by atoms with Crippen molar-refractivity contribution in [2.24, 2.45) is 0 Å². The van der Waals surface area contributed by atoms with Gasteiger partial charge < -0.3 is 10.8 Å². The number of hydrogen-bond donors (Lipinski definition) is 2. The van der Waals surface area contributed by atoms with Crippen LogP contribution in [0.2, 0.25) is 0 Å². The summed E-state index contributed by atoms with van der Waals surface area (Å²) in [5.74, 6) is 0.107. The van der Waals surface area contributed by atoms with E-state index in [9.17, 15) is 0 Å². The van der Waals surface area contributed by atoms with Crippen LogP contribution in [0.5, 0.6) is 5.75 Å². The van der Waals surface area contributed by atoms with Crippen molar-refractivity contribution in [3.05, 3.63) is 23.3 Å². The number of phenolic OH excluding ortho intramolecular Hbond substituents is 1. The Morgan fingerprint density at radius 3 is 1.82 bits per heavy atom. The second kappa shape index (κ2) is 14.3. The topological polar surface area (TPSA) is 70.0 Å². The maximum atomic E-state index is 9.15. The van der Waals surface area contributed by atoms with Crippen LogP contribution in [-0.2, 0) is 0 Å². The molecule has 0 saturated heterocycles. The third-order valence-corrected chi connectivity index (χ3v) is 1.49. The van der Waals surface area contributed by atoms with Crippen LogP contribution >= 0.6 is 0 Å². The van der Waals surface area contributed by atoms with Crippen molar-refractivity contribution in [1.29, 1.82) is 5.26 Å². The molecule has 0 unspecified atom stereocenters. The van der Waals surface area contributed by atoms with Crippen LogP contribution in [0.15, 0.2) is 12.1 Å². The Bertz CT molecular complexity index is 328. The van der Waals surface area contributed by atoms with Crippen LogP contribution in [0.3, 0.4) is 0 Å². The average molecular weight is 238 g/mol. The van der Waals surface area contributed by atoms with Gasteiger partial charge in [-0.15, -0.1) is 0 Å². The number of rotatable bonds is 0. The average Bonchev–Trinajstić information content (AvgIpc) is 2.41. The van der Waals surface area contributed by atoms with Crippen molar-refractivity contribution in [2.45, 2.75) is 48.5 Å². The number of hydrogen-bond acceptors (Lipinski definition) is 3. The Hall–Kier alpha value is -1.69. The normalized spacial score (nSPS) is 6.94. The molecule has 0 aromatic heterocycles. The lowest BCUT2D eigenvalue weighted by Gasteiger charge is -2.01. The SMILES string of the molecule is CC.CC.CC.Cc1cc(N)c(C#N)cc1O. The molecule has 1 aromatic rings. The van der Waals surface area contributed by atoms with Crippen LogP contribution in [-0.4, -0.2) is 5.11 Å². The number of nitrogen functional groups attached to an aromatic ring is 1. The van der Waals surface area contributed by atoms with Gasteiger partial charge in [-0.1, -0.05) is 41.5 Å². The zero-order valence-electron chi connectivity index (χ0n) is 12.1. The molecule has 98 valence electrons. The first-order valence-corrected chi connectivity index (χ1v) is 6.14. The van der Waals surface area contributed by atoms with Gasteiger partial charge in [-0.3, -0.25) is 0 Å². The van der Waals surface area contributed by atoms with E-state index in [2.05, 4.69) is 0 Å². The summed E-state index contributed by atoms with van der Waals surface area (Å²) in [6, 6.07) is 4.82. The van der Waals surface area contributed by atoms with Crippen LogP contribution in [0.1, 0.15) is 52.7 Å². The van der Waals surface area contributed by atoms with Crippen molar-refractivity contribution in [3.8, 4) is 11.8 Å². The summed E-state index contributed by atoms with van der Waals surface area (Å²) < 4.78 is 0. The molecule has 0 aliphatic rings. The maximum Gasteiger partial charge on any atom is 0.119 e. The number of aryl methyl sites for hydroxylation is 1. The fraction of sp³-hybridized carbons (Fsp3) is 0.500. The number of nitrogens with two attached hydrogens (primary N) is 1. The molecule has 0 atom stereocenters. The predicted octanol–water partition coefficient (Wildman–Crippen LogP) is 4.23. The minimum absolute atomic E-state index is 0.107. The highest BCUT2D eigenvalue weighted by Gasteiger charge is 2.01. The molecule has 3 heteroatoms. The highest BCUT2D eigenvalue weighted by Crippen LogP contribution is 2.22. The predicted molar refractivity (Wildman–Crippen MR) is 76.0 cm³/mol. The summed E-state index contributed by atoms with van der Waals surface area (Å²) in [5, 5.41) is 17.6. The first-order valence-electron chi connectivity index (χ1n) is 6.14. The molecule has 0 amide bonds. The van der Waals surface area contributed by atoms with Crippen molar-refractivity contribution < 1.29 is 5.11 Å². The number of nitrogens with zero attached hydrogens (tertiary/aromatic N) is 1. The summed E-state index contributed by atoms with van der Waals surface area (Å²) in [4.78, 5) is 0. The standard InChI is InChI=1S/C8H8N2O.3C2H6/c1-5-2-7(10)6(4-9)3-8(5)11;3*1-2/h2-3,11H,10H2,1H3;3*1-2H3. The van der Waals surface area contributed by atoms with Crippen LogP contribution in [0.25, 0.3) is 0 Å². The van der Waals surface area contributed by atoms with Crippen molar-refractivity contribution in [1.82, 2.24) is 0 Å². The van der Waals surface area contributed by atoms with Gasteiger partial charge in [-0.2, -0.15) is 5.26 Å². The van der Waals surface area contributed by atoms with Gasteiger partial charge in [0.2, 0.25) is 0 Å². The van der Waals surface area contributed by atoms with E-state index in [0.29, 0.717) is 16.8 Å². The largest absolute Gasteiger partial charge is 0.508 e. The van der Waals surface area contributed by atoms with Gasteiger partial charge >= 0.3 is 0 Å². The molecule has 0 heterocycles. The van der Waals surface area contributed by atoms with Crippen LogP contribution in [0.4, 0.5) is 5.69 Å². The van der Waals surface area contributed by atoms with E-state index >= 15 is 0 Å². The second-order valence-corrected chi connectivity index (χ2v) is 2.34. The number of phenols is 1. The second-order valence-electron chi connectivity index (χ2n) is 2.34. The fourth-order valence-electron chi connectivity index (χ4n) is 0.816. The maximum absolute atomic E-state index is 9.15. The van der Waals surface area contributed by atoms with Gasteiger partial charge in [-0.25, -0.2) is 0 Å². The molecular weight excluding hydrogens is 212 g/mol. The summed E-state index contributed by atoms with van der Waals surface area (Å²) in [6.07, 6.45) is 0. The van der Waals surface area contributed by atoms with E-state index in [1.807, 2.05) is 47.6 Å². The molecule has 0 spiro atoms. The molecule has 0 fully saturated rings. The van der Waals surface area contributed by atoms with E-state index in [1.165, 1.54) is 6.07 Å². The molecule has 1 rings (SSSR count). The zero-order valence-corrected chi connectivity index (χ0v) is 12.1. The lowest BCUT2D eigenvalue weighted by molar-refractivity contribution is 0.471. The van der Waals surface area contributed by atoms with E-state index in [1.54, 1.807) is 13.0 Å². The van der Waals surface area contributed by atoms with Crippen molar-refractivity contribution in [3.63, 3.8) is 0 Å². The molecular formula is C14H26N2O. The highest BCUT2D eigenvalue weighted by molar-refractivity contribution is 5.59. The Labute approximate surface area is 106 Å². The van der Waals surface area contributed by atoms with Gasteiger partial charge in [0, 0.05) is 5.69 Å². The molecule has 0 radical (unpaired) electrons. The summed E-state index contributed by atoms with van der Waals surface area (Å²) in [7, 11) is 0. The Morgan fingerprint density at radius 1 is 1.06 bits per heavy atom. The highest BCUT2D eigenvalue weighted by atomic mass is 16.3. The molecule has 3 N–H and O–H groups in total. The quantitative estimate of drug-likeness (QED) is 0.525. The third kappa shape index (κ3) is 8.15. The molecule has 0 saturated carbocycles. The van der Waals surface area contributed by atoms with E-state index in [-0.39, 0.29) is 5.75 Å².